The average Bonchev–Trinajstić information content (AvgIpc) is 3.32. The normalized spacial score (nSPS) is 19.2. The van der Waals surface area contributed by atoms with Gasteiger partial charge >= 0.3 is 15.2 Å². The fourth-order valence-corrected chi connectivity index (χ4v) is 6.68. The third-order valence-corrected chi connectivity index (χ3v) is 9.10. The van der Waals surface area contributed by atoms with E-state index in [0.717, 1.165) is 24.2 Å². The van der Waals surface area contributed by atoms with Gasteiger partial charge in [-0.3, -0.25) is 9.13 Å². The largest absolute Gasteiger partial charge is 0.379 e. The van der Waals surface area contributed by atoms with Crippen LogP contribution in [0, 0.1) is 0 Å². The molecule has 1 fully saturated rings. The number of fused-ring (bicyclic) bond motifs is 1. The lowest BCUT2D eigenvalue weighted by molar-refractivity contribution is 0.0440. The molecule has 11 nitrogen and oxygen atoms in total. The molecule has 4 N–H and O–H groups in total. The SMILES string of the molecule is CO[C@H](COP(=O)(O)CP(=O)(O)O)CC(C)c1cnc2c(NC3CCCC3)cc(Cl)nn12. The van der Waals surface area contributed by atoms with E-state index in [-0.39, 0.29) is 12.5 Å². The molecular weight excluding hydrogens is 482 g/mol. The van der Waals surface area contributed by atoms with Crippen LogP contribution < -0.4 is 5.32 Å². The highest BCUT2D eigenvalue weighted by Gasteiger charge is 2.32. The standard InChI is InChI=1S/C18H29ClN4O7P2/c1-12(7-14(29-2)10-30-32(27,28)11-31(24,25)26)16-9-20-18-15(8-17(19)22-23(16)18)21-13-5-3-4-6-13/h8-9,12-14,21H,3-7,10-11H2,1-2H3,(H,27,28)(H2,24,25,26)/t12?,14-/m0/s1. The molecule has 0 aliphatic heterocycles. The molecule has 1 saturated carbocycles. The summed E-state index contributed by atoms with van der Waals surface area (Å²) in [5.74, 6) is -1.37. The topological polar surface area (TPSA) is 156 Å². The molecule has 0 saturated heterocycles. The Morgan fingerprint density at radius 3 is 2.62 bits per heavy atom. The lowest BCUT2D eigenvalue weighted by atomic mass is 10.0. The zero-order valence-electron chi connectivity index (χ0n) is 17.9. The van der Waals surface area contributed by atoms with E-state index in [1.54, 1.807) is 16.8 Å². The monoisotopic (exact) mass is 510 g/mol. The highest BCUT2D eigenvalue weighted by atomic mass is 35.5. The van der Waals surface area contributed by atoms with E-state index in [9.17, 15) is 14.0 Å². The van der Waals surface area contributed by atoms with Gasteiger partial charge in [-0.25, -0.2) is 9.50 Å². The van der Waals surface area contributed by atoms with Crippen molar-refractivity contribution in [2.75, 3.05) is 24.9 Å². The van der Waals surface area contributed by atoms with Gasteiger partial charge in [0.25, 0.3) is 0 Å². The summed E-state index contributed by atoms with van der Waals surface area (Å²) < 4.78 is 34.8. The van der Waals surface area contributed by atoms with Crippen LogP contribution in [0.2, 0.25) is 5.15 Å². The Bertz CT molecular complexity index is 1020. The lowest BCUT2D eigenvalue weighted by Gasteiger charge is -2.21. The number of nitrogens with zero attached hydrogens (tertiary/aromatic N) is 3. The van der Waals surface area contributed by atoms with Gasteiger partial charge in [-0.1, -0.05) is 31.4 Å². The number of aromatic nitrogens is 3. The van der Waals surface area contributed by atoms with Crippen molar-refractivity contribution in [1.82, 2.24) is 14.6 Å². The molecule has 2 heterocycles. The summed E-state index contributed by atoms with van der Waals surface area (Å²) in [7, 11) is -7.71. The number of ether oxygens (including phenoxy) is 1. The van der Waals surface area contributed by atoms with Gasteiger partial charge in [0.1, 0.15) is 0 Å². The fraction of sp³-hybridized carbons (Fsp3) is 0.667. The van der Waals surface area contributed by atoms with E-state index in [1.807, 2.05) is 6.92 Å². The quantitative estimate of drug-likeness (QED) is 0.329. The summed E-state index contributed by atoms with van der Waals surface area (Å²) in [6.45, 7) is 1.63. The number of imidazole rings is 1. The first kappa shape index (κ1) is 25.6. The van der Waals surface area contributed by atoms with Crippen LogP contribution in [0.15, 0.2) is 12.3 Å². The maximum absolute atomic E-state index is 11.9. The Hall–Kier alpha value is -1.03. The highest BCUT2D eigenvalue weighted by Crippen LogP contribution is 2.55. The first-order valence-electron chi connectivity index (χ1n) is 10.3. The third-order valence-electron chi connectivity index (χ3n) is 5.46. The minimum Gasteiger partial charge on any atom is -0.379 e. The van der Waals surface area contributed by atoms with Crippen LogP contribution in [0.3, 0.4) is 0 Å². The minimum atomic E-state index is -4.69. The summed E-state index contributed by atoms with van der Waals surface area (Å²) in [6, 6.07) is 2.15. The molecule has 3 atom stereocenters. The smallest absolute Gasteiger partial charge is 0.340 e. The predicted octanol–water partition coefficient (Wildman–Crippen LogP) is 3.58. The Labute approximate surface area is 191 Å². The van der Waals surface area contributed by atoms with Gasteiger partial charge in [-0.2, -0.15) is 5.10 Å². The van der Waals surface area contributed by atoms with Gasteiger partial charge in [0.15, 0.2) is 16.7 Å². The Morgan fingerprint density at radius 2 is 2.00 bits per heavy atom. The van der Waals surface area contributed by atoms with Crippen molar-refractivity contribution in [3.8, 4) is 0 Å². The minimum absolute atomic E-state index is 0.135. The third kappa shape index (κ3) is 6.98. The molecule has 0 bridgehead atoms. The van der Waals surface area contributed by atoms with Crippen molar-refractivity contribution in [1.29, 1.82) is 0 Å². The van der Waals surface area contributed by atoms with Crippen molar-refractivity contribution < 1.29 is 33.1 Å². The molecule has 2 unspecified atom stereocenters. The second kappa shape index (κ2) is 10.5. The number of rotatable bonds is 11. The van der Waals surface area contributed by atoms with Crippen LogP contribution in [-0.2, 0) is 18.4 Å². The lowest BCUT2D eigenvalue weighted by Crippen LogP contribution is -2.21. The van der Waals surface area contributed by atoms with Crippen LogP contribution in [0.25, 0.3) is 5.65 Å². The molecule has 14 heteroatoms. The molecule has 32 heavy (non-hydrogen) atoms. The maximum atomic E-state index is 11.9. The first-order valence-corrected chi connectivity index (χ1v) is 14.3. The molecule has 3 rings (SSSR count). The van der Waals surface area contributed by atoms with Gasteiger partial charge in [0, 0.05) is 25.1 Å². The van der Waals surface area contributed by atoms with E-state index < -0.39 is 27.2 Å². The number of anilines is 1. The molecule has 1 aliphatic carbocycles. The second-order valence-electron chi connectivity index (χ2n) is 8.16. The van der Waals surface area contributed by atoms with Crippen molar-refractivity contribution in [2.45, 2.75) is 57.1 Å². The molecule has 0 spiro atoms. The van der Waals surface area contributed by atoms with Gasteiger partial charge in [-0.05, 0) is 19.3 Å². The predicted molar refractivity (Wildman–Crippen MR) is 120 cm³/mol. The number of hydrogen-bond donors (Lipinski definition) is 4. The summed E-state index contributed by atoms with van der Waals surface area (Å²) in [5, 5.41) is 8.22. The molecule has 180 valence electrons. The number of methoxy groups -OCH3 is 1. The van der Waals surface area contributed by atoms with Crippen molar-refractivity contribution in [2.24, 2.45) is 0 Å². The van der Waals surface area contributed by atoms with E-state index in [4.69, 9.17) is 30.6 Å². The Balaban J connectivity index is 1.71. The number of nitrogens with one attached hydrogen (secondary N) is 1. The van der Waals surface area contributed by atoms with E-state index in [1.165, 1.54) is 20.0 Å². The summed E-state index contributed by atoms with van der Waals surface area (Å²) >= 11 is 6.26. The van der Waals surface area contributed by atoms with Crippen molar-refractivity contribution in [3.05, 3.63) is 23.1 Å². The molecule has 0 aromatic carbocycles. The molecule has 2 aromatic rings. The van der Waals surface area contributed by atoms with Gasteiger partial charge in [-0.15, -0.1) is 0 Å². The number of hydrogen-bond acceptors (Lipinski definition) is 7. The second-order valence-corrected chi connectivity index (χ2v) is 12.5. The average molecular weight is 511 g/mol. The van der Waals surface area contributed by atoms with Crippen molar-refractivity contribution in [3.63, 3.8) is 0 Å². The maximum Gasteiger partial charge on any atom is 0.340 e. The van der Waals surface area contributed by atoms with Crippen LogP contribution in [0.5, 0.6) is 0 Å². The Kier molecular flexibility index (Phi) is 8.39. The molecule has 1 aliphatic rings. The zero-order chi connectivity index (χ0) is 23.5. The van der Waals surface area contributed by atoms with Crippen LogP contribution in [-0.4, -0.2) is 61.0 Å². The van der Waals surface area contributed by atoms with Crippen LogP contribution in [0.4, 0.5) is 5.69 Å². The highest BCUT2D eigenvalue weighted by molar-refractivity contribution is 7.70. The fourth-order valence-electron chi connectivity index (χ4n) is 3.91. The Morgan fingerprint density at radius 1 is 1.31 bits per heavy atom. The van der Waals surface area contributed by atoms with Gasteiger partial charge < -0.3 is 29.3 Å². The summed E-state index contributed by atoms with van der Waals surface area (Å²) in [6.07, 6.45) is 6.09. The van der Waals surface area contributed by atoms with Gasteiger partial charge in [0.05, 0.1) is 30.3 Å². The molecule has 0 amide bonds. The van der Waals surface area contributed by atoms with Crippen molar-refractivity contribution >= 4 is 38.1 Å². The van der Waals surface area contributed by atoms with E-state index in [0.29, 0.717) is 23.3 Å². The van der Waals surface area contributed by atoms with E-state index in [2.05, 4.69) is 15.4 Å². The van der Waals surface area contributed by atoms with Crippen LogP contribution in [0.1, 0.15) is 50.6 Å². The van der Waals surface area contributed by atoms with Crippen LogP contribution >= 0.6 is 26.8 Å². The summed E-state index contributed by atoms with van der Waals surface area (Å²) in [5.41, 5.74) is 2.26. The zero-order valence-corrected chi connectivity index (χ0v) is 20.5. The summed E-state index contributed by atoms with van der Waals surface area (Å²) in [4.78, 5) is 32.0. The van der Waals surface area contributed by atoms with E-state index >= 15 is 0 Å². The molecule has 0 radical (unpaired) electrons. The molecular formula is C18H29ClN4O7P2. The molecule has 2 aromatic heterocycles. The van der Waals surface area contributed by atoms with Gasteiger partial charge in [0.2, 0.25) is 0 Å². The first-order chi connectivity index (χ1) is 15.0. The number of halogens is 1.